The van der Waals surface area contributed by atoms with Crippen molar-refractivity contribution in [2.24, 2.45) is 0 Å². The average molecular weight is 393 g/mol. The van der Waals surface area contributed by atoms with E-state index in [0.717, 1.165) is 5.56 Å². The van der Waals surface area contributed by atoms with Gasteiger partial charge in [0, 0.05) is 17.3 Å². The van der Waals surface area contributed by atoms with Gasteiger partial charge in [0.25, 0.3) is 5.91 Å². The second-order valence-electron chi connectivity index (χ2n) is 5.69. The molecule has 0 saturated heterocycles. The molecule has 8 heteroatoms. The van der Waals surface area contributed by atoms with E-state index in [0.29, 0.717) is 16.5 Å². The highest BCUT2D eigenvalue weighted by Gasteiger charge is 2.20. The van der Waals surface area contributed by atoms with E-state index in [1.54, 1.807) is 25.3 Å². The maximum absolute atomic E-state index is 12.2. The fourth-order valence-electron chi connectivity index (χ4n) is 2.32. The monoisotopic (exact) mass is 392 g/mol. The second kappa shape index (κ2) is 9.14. The van der Waals surface area contributed by atoms with Crippen molar-refractivity contribution in [3.8, 4) is 11.5 Å². The quantitative estimate of drug-likeness (QED) is 0.555. The lowest BCUT2D eigenvalue weighted by Crippen LogP contribution is -2.35. The standard InChI is InChI=1S/C19H21ClN2O5/c1-11(27-19(24)14-6-5-13(20)9-15(14)21)18(23)22-10-12-4-7-16(25-2)17(8-12)26-3/h4-9,11H,10,21H2,1-3H3,(H,22,23)/t11-/m1/s1. The number of benzene rings is 2. The van der Waals surface area contributed by atoms with Crippen molar-refractivity contribution in [3.63, 3.8) is 0 Å². The molecular weight excluding hydrogens is 372 g/mol. The van der Waals surface area contributed by atoms with E-state index in [4.69, 9.17) is 31.5 Å². The lowest BCUT2D eigenvalue weighted by Gasteiger charge is -2.15. The van der Waals surface area contributed by atoms with Gasteiger partial charge in [-0.2, -0.15) is 0 Å². The maximum atomic E-state index is 12.2. The van der Waals surface area contributed by atoms with Crippen molar-refractivity contribution in [1.29, 1.82) is 0 Å². The normalized spacial score (nSPS) is 11.4. The molecule has 0 aliphatic heterocycles. The van der Waals surface area contributed by atoms with Gasteiger partial charge in [0.05, 0.1) is 19.8 Å². The van der Waals surface area contributed by atoms with Crippen LogP contribution in [0.4, 0.5) is 5.69 Å². The molecule has 3 N–H and O–H groups in total. The molecule has 0 unspecified atom stereocenters. The zero-order valence-corrected chi connectivity index (χ0v) is 16.0. The summed E-state index contributed by atoms with van der Waals surface area (Å²) in [6.07, 6.45) is -0.993. The summed E-state index contributed by atoms with van der Waals surface area (Å²) in [6, 6.07) is 9.72. The third-order valence-corrected chi connectivity index (χ3v) is 4.04. The molecule has 0 fully saturated rings. The van der Waals surface area contributed by atoms with E-state index in [9.17, 15) is 9.59 Å². The van der Waals surface area contributed by atoms with Gasteiger partial charge in [0.15, 0.2) is 17.6 Å². The molecule has 144 valence electrons. The summed E-state index contributed by atoms with van der Waals surface area (Å²) in [6.45, 7) is 1.72. The fraction of sp³-hybridized carbons (Fsp3) is 0.263. The molecule has 0 radical (unpaired) electrons. The summed E-state index contributed by atoms with van der Waals surface area (Å²) in [5.74, 6) is 0.0148. The maximum Gasteiger partial charge on any atom is 0.341 e. The van der Waals surface area contributed by atoms with Crippen LogP contribution in [0, 0.1) is 0 Å². The van der Waals surface area contributed by atoms with Crippen LogP contribution in [0.3, 0.4) is 0 Å². The van der Waals surface area contributed by atoms with Crippen LogP contribution in [0.15, 0.2) is 36.4 Å². The molecule has 2 aromatic rings. The van der Waals surface area contributed by atoms with Crippen molar-refractivity contribution in [3.05, 3.63) is 52.5 Å². The van der Waals surface area contributed by atoms with Crippen molar-refractivity contribution in [2.75, 3.05) is 20.0 Å². The van der Waals surface area contributed by atoms with E-state index in [1.165, 1.54) is 32.2 Å². The number of carbonyl (C=O) groups excluding carboxylic acids is 2. The molecule has 0 aromatic heterocycles. The van der Waals surface area contributed by atoms with Gasteiger partial charge >= 0.3 is 5.97 Å². The smallest absolute Gasteiger partial charge is 0.341 e. The number of nitrogen functional groups attached to an aromatic ring is 1. The van der Waals surface area contributed by atoms with Crippen LogP contribution >= 0.6 is 11.6 Å². The first-order valence-electron chi connectivity index (χ1n) is 8.10. The van der Waals surface area contributed by atoms with Crippen LogP contribution in [0.25, 0.3) is 0 Å². The Bertz CT molecular complexity index is 841. The van der Waals surface area contributed by atoms with Crippen molar-refractivity contribution < 1.29 is 23.8 Å². The number of anilines is 1. The number of nitrogens with one attached hydrogen (secondary N) is 1. The second-order valence-corrected chi connectivity index (χ2v) is 6.12. The molecule has 0 spiro atoms. The largest absolute Gasteiger partial charge is 0.493 e. The summed E-state index contributed by atoms with van der Waals surface area (Å²) >= 11 is 5.80. The Hall–Kier alpha value is -2.93. The minimum atomic E-state index is -0.993. The van der Waals surface area contributed by atoms with Crippen LogP contribution in [0.2, 0.25) is 5.02 Å². The van der Waals surface area contributed by atoms with Gasteiger partial charge < -0.3 is 25.3 Å². The van der Waals surface area contributed by atoms with E-state index in [-0.39, 0.29) is 17.8 Å². The SMILES string of the molecule is COc1ccc(CNC(=O)[C@@H](C)OC(=O)c2ccc(Cl)cc2N)cc1OC. The Labute approximate surface area is 162 Å². The minimum Gasteiger partial charge on any atom is -0.493 e. The zero-order valence-electron chi connectivity index (χ0n) is 15.2. The van der Waals surface area contributed by atoms with Gasteiger partial charge in [-0.15, -0.1) is 0 Å². The Morgan fingerprint density at radius 3 is 2.44 bits per heavy atom. The summed E-state index contributed by atoms with van der Waals surface area (Å²) in [5, 5.41) is 3.11. The van der Waals surface area contributed by atoms with Gasteiger partial charge in [0.2, 0.25) is 0 Å². The van der Waals surface area contributed by atoms with Gasteiger partial charge in [-0.1, -0.05) is 17.7 Å². The van der Waals surface area contributed by atoms with Crippen LogP contribution in [-0.2, 0) is 16.1 Å². The highest BCUT2D eigenvalue weighted by atomic mass is 35.5. The number of methoxy groups -OCH3 is 2. The molecule has 0 bridgehead atoms. The molecule has 27 heavy (non-hydrogen) atoms. The molecule has 0 heterocycles. The first-order chi connectivity index (χ1) is 12.8. The predicted molar refractivity (Wildman–Crippen MR) is 102 cm³/mol. The third kappa shape index (κ3) is 5.27. The van der Waals surface area contributed by atoms with Crippen LogP contribution in [-0.4, -0.2) is 32.2 Å². The third-order valence-electron chi connectivity index (χ3n) is 3.80. The Morgan fingerprint density at radius 1 is 1.11 bits per heavy atom. The van der Waals surface area contributed by atoms with E-state index < -0.39 is 18.0 Å². The number of hydrogen-bond donors (Lipinski definition) is 2. The number of hydrogen-bond acceptors (Lipinski definition) is 6. The molecule has 0 aliphatic rings. The molecule has 7 nitrogen and oxygen atoms in total. The number of ether oxygens (including phenoxy) is 3. The lowest BCUT2D eigenvalue weighted by atomic mass is 10.2. The average Bonchev–Trinajstić information content (AvgIpc) is 2.65. The van der Waals surface area contributed by atoms with Gasteiger partial charge in [0.1, 0.15) is 0 Å². The van der Waals surface area contributed by atoms with E-state index in [2.05, 4.69) is 5.32 Å². The number of nitrogens with two attached hydrogens (primary N) is 1. The van der Waals surface area contributed by atoms with Crippen LogP contribution < -0.4 is 20.5 Å². The fourth-order valence-corrected chi connectivity index (χ4v) is 2.50. The molecule has 0 aliphatic carbocycles. The Kier molecular flexibility index (Phi) is 6.90. The number of carbonyl (C=O) groups is 2. The molecular formula is C19H21ClN2O5. The van der Waals surface area contributed by atoms with Crippen molar-refractivity contribution >= 4 is 29.2 Å². The van der Waals surface area contributed by atoms with Crippen LogP contribution in [0.1, 0.15) is 22.8 Å². The summed E-state index contributed by atoms with van der Waals surface area (Å²) < 4.78 is 15.6. The first kappa shape index (κ1) is 20.4. The van der Waals surface area contributed by atoms with E-state index >= 15 is 0 Å². The van der Waals surface area contributed by atoms with E-state index in [1.807, 2.05) is 0 Å². The summed E-state index contributed by atoms with van der Waals surface area (Å²) in [4.78, 5) is 24.4. The topological polar surface area (TPSA) is 99.9 Å². The lowest BCUT2D eigenvalue weighted by molar-refractivity contribution is -0.129. The molecule has 2 rings (SSSR count). The molecule has 1 atom stereocenters. The first-order valence-corrected chi connectivity index (χ1v) is 8.48. The highest BCUT2D eigenvalue weighted by Crippen LogP contribution is 2.27. The van der Waals surface area contributed by atoms with Gasteiger partial charge in [-0.25, -0.2) is 4.79 Å². The number of amides is 1. The molecule has 2 aromatic carbocycles. The minimum absolute atomic E-state index is 0.152. The summed E-state index contributed by atoms with van der Waals surface area (Å²) in [5.41, 5.74) is 6.90. The summed E-state index contributed by atoms with van der Waals surface area (Å²) in [7, 11) is 3.08. The van der Waals surface area contributed by atoms with Crippen LogP contribution in [0.5, 0.6) is 11.5 Å². The van der Waals surface area contributed by atoms with Gasteiger partial charge in [-0.3, -0.25) is 4.79 Å². The Morgan fingerprint density at radius 2 is 1.81 bits per heavy atom. The van der Waals surface area contributed by atoms with Crippen molar-refractivity contribution in [2.45, 2.75) is 19.6 Å². The zero-order chi connectivity index (χ0) is 20.0. The number of esters is 1. The predicted octanol–water partition coefficient (Wildman–Crippen LogP) is 2.80. The van der Waals surface area contributed by atoms with Gasteiger partial charge in [-0.05, 0) is 42.8 Å². The number of halogens is 1. The highest BCUT2D eigenvalue weighted by molar-refractivity contribution is 6.31. The molecule has 0 saturated carbocycles. The Balaban J connectivity index is 1.94. The van der Waals surface area contributed by atoms with Crippen molar-refractivity contribution in [1.82, 2.24) is 5.32 Å². The molecule has 1 amide bonds. The number of rotatable bonds is 7.